The lowest BCUT2D eigenvalue weighted by molar-refractivity contribution is -0.117. The standard InChI is InChI=1S/C15H21BrN2O/c1-18(14-8-3-2-4-9-14)11-15(19)17-13-7-5-6-12(16)10-13/h5-7,10,14H,2-4,8-9,11H2,1H3,(H,17,19). The molecule has 1 aliphatic carbocycles. The van der Waals surface area contributed by atoms with Crippen molar-refractivity contribution in [3.63, 3.8) is 0 Å². The van der Waals surface area contributed by atoms with E-state index in [0.29, 0.717) is 12.6 Å². The second-order valence-corrected chi connectivity index (χ2v) is 6.18. The fourth-order valence-corrected chi connectivity index (χ4v) is 3.04. The molecule has 0 aliphatic heterocycles. The maximum absolute atomic E-state index is 12.0. The van der Waals surface area contributed by atoms with Crippen LogP contribution in [0.2, 0.25) is 0 Å². The van der Waals surface area contributed by atoms with Crippen LogP contribution in [0.5, 0.6) is 0 Å². The monoisotopic (exact) mass is 324 g/mol. The Morgan fingerprint density at radius 2 is 2.11 bits per heavy atom. The normalized spacial score (nSPS) is 16.6. The zero-order valence-electron chi connectivity index (χ0n) is 11.4. The van der Waals surface area contributed by atoms with Gasteiger partial charge in [-0.1, -0.05) is 41.3 Å². The van der Waals surface area contributed by atoms with E-state index in [2.05, 4.69) is 33.2 Å². The highest BCUT2D eigenvalue weighted by molar-refractivity contribution is 9.10. The summed E-state index contributed by atoms with van der Waals surface area (Å²) < 4.78 is 0.978. The van der Waals surface area contributed by atoms with Crippen LogP contribution in [0.15, 0.2) is 28.7 Å². The highest BCUT2D eigenvalue weighted by atomic mass is 79.9. The Labute approximate surface area is 123 Å². The van der Waals surface area contributed by atoms with Crippen LogP contribution in [0.25, 0.3) is 0 Å². The number of carbonyl (C=O) groups is 1. The second-order valence-electron chi connectivity index (χ2n) is 5.27. The third kappa shape index (κ3) is 4.62. The molecule has 19 heavy (non-hydrogen) atoms. The van der Waals surface area contributed by atoms with Crippen molar-refractivity contribution in [2.45, 2.75) is 38.1 Å². The molecule has 2 rings (SSSR count). The van der Waals surface area contributed by atoms with Crippen LogP contribution in [0.4, 0.5) is 5.69 Å². The van der Waals surface area contributed by atoms with Crippen LogP contribution in [0.3, 0.4) is 0 Å². The molecular formula is C15H21BrN2O. The van der Waals surface area contributed by atoms with Crippen LogP contribution >= 0.6 is 15.9 Å². The molecule has 4 heteroatoms. The van der Waals surface area contributed by atoms with Crippen molar-refractivity contribution in [2.24, 2.45) is 0 Å². The van der Waals surface area contributed by atoms with Crippen LogP contribution in [0, 0.1) is 0 Å². The molecule has 0 saturated heterocycles. The smallest absolute Gasteiger partial charge is 0.238 e. The van der Waals surface area contributed by atoms with Gasteiger partial charge in [0.2, 0.25) is 5.91 Å². The van der Waals surface area contributed by atoms with Crippen molar-refractivity contribution >= 4 is 27.5 Å². The van der Waals surface area contributed by atoms with Gasteiger partial charge >= 0.3 is 0 Å². The Morgan fingerprint density at radius 1 is 1.37 bits per heavy atom. The van der Waals surface area contributed by atoms with Crippen molar-refractivity contribution in [2.75, 3.05) is 18.9 Å². The van der Waals surface area contributed by atoms with Crippen molar-refractivity contribution in [3.8, 4) is 0 Å². The Balaban J connectivity index is 1.83. The van der Waals surface area contributed by atoms with Crippen LogP contribution in [-0.2, 0) is 4.79 Å². The van der Waals surface area contributed by atoms with Gasteiger partial charge in [0, 0.05) is 16.2 Å². The summed E-state index contributed by atoms with van der Waals surface area (Å²) in [6, 6.07) is 8.26. The van der Waals surface area contributed by atoms with Gasteiger partial charge in [0.05, 0.1) is 6.54 Å². The number of nitrogens with one attached hydrogen (secondary N) is 1. The third-order valence-electron chi connectivity index (χ3n) is 3.70. The fourth-order valence-electron chi connectivity index (χ4n) is 2.64. The molecule has 0 radical (unpaired) electrons. The number of carbonyl (C=O) groups excluding carboxylic acids is 1. The molecule has 1 saturated carbocycles. The molecule has 104 valence electrons. The molecule has 3 nitrogen and oxygen atoms in total. The van der Waals surface area contributed by atoms with E-state index in [1.807, 2.05) is 24.3 Å². The highest BCUT2D eigenvalue weighted by Gasteiger charge is 2.19. The number of hydrogen-bond donors (Lipinski definition) is 1. The molecule has 1 N–H and O–H groups in total. The first-order valence-corrected chi connectivity index (χ1v) is 7.70. The minimum atomic E-state index is 0.0613. The molecule has 1 aliphatic rings. The third-order valence-corrected chi connectivity index (χ3v) is 4.19. The van der Waals surface area contributed by atoms with Crippen LogP contribution < -0.4 is 5.32 Å². The topological polar surface area (TPSA) is 32.3 Å². The minimum Gasteiger partial charge on any atom is -0.325 e. The highest BCUT2D eigenvalue weighted by Crippen LogP contribution is 2.21. The molecule has 0 spiro atoms. The molecule has 0 heterocycles. The van der Waals surface area contributed by atoms with E-state index in [0.717, 1.165) is 10.2 Å². The van der Waals surface area contributed by atoms with Gasteiger partial charge in [-0.25, -0.2) is 0 Å². The molecule has 0 aromatic heterocycles. The lowest BCUT2D eigenvalue weighted by atomic mass is 9.94. The van der Waals surface area contributed by atoms with Gasteiger partial charge in [-0.3, -0.25) is 9.69 Å². The van der Waals surface area contributed by atoms with Crippen LogP contribution in [-0.4, -0.2) is 30.4 Å². The summed E-state index contributed by atoms with van der Waals surface area (Å²) >= 11 is 3.40. The number of benzene rings is 1. The zero-order chi connectivity index (χ0) is 13.7. The SMILES string of the molecule is CN(CC(=O)Nc1cccc(Br)c1)C1CCCCC1. The van der Waals surface area contributed by atoms with Crippen molar-refractivity contribution < 1.29 is 4.79 Å². The van der Waals surface area contributed by atoms with E-state index >= 15 is 0 Å². The number of likely N-dealkylation sites (N-methyl/N-ethyl adjacent to an activating group) is 1. The van der Waals surface area contributed by atoms with E-state index in [9.17, 15) is 4.79 Å². The number of nitrogens with zero attached hydrogens (tertiary/aromatic N) is 1. The minimum absolute atomic E-state index is 0.0613. The van der Waals surface area contributed by atoms with Gasteiger partial charge in [-0.15, -0.1) is 0 Å². The van der Waals surface area contributed by atoms with Gasteiger partial charge in [-0.05, 0) is 38.1 Å². The Hall–Kier alpha value is -0.870. The number of hydrogen-bond acceptors (Lipinski definition) is 2. The maximum Gasteiger partial charge on any atom is 0.238 e. The molecular weight excluding hydrogens is 304 g/mol. The Bertz CT molecular complexity index is 430. The first kappa shape index (κ1) is 14.5. The second kappa shape index (κ2) is 7.06. The van der Waals surface area contributed by atoms with Crippen molar-refractivity contribution in [1.29, 1.82) is 0 Å². The lowest BCUT2D eigenvalue weighted by Gasteiger charge is -2.30. The average Bonchev–Trinajstić information content (AvgIpc) is 2.39. The van der Waals surface area contributed by atoms with Crippen LogP contribution in [0.1, 0.15) is 32.1 Å². The predicted molar refractivity (Wildman–Crippen MR) is 82.3 cm³/mol. The van der Waals surface area contributed by atoms with E-state index in [1.165, 1.54) is 32.1 Å². The van der Waals surface area contributed by atoms with Gasteiger partial charge in [0.25, 0.3) is 0 Å². The van der Waals surface area contributed by atoms with E-state index in [1.54, 1.807) is 0 Å². The Morgan fingerprint density at radius 3 is 2.79 bits per heavy atom. The number of rotatable bonds is 4. The summed E-state index contributed by atoms with van der Waals surface area (Å²) in [4.78, 5) is 14.2. The Kier molecular flexibility index (Phi) is 5.40. The molecule has 1 aromatic rings. The number of amides is 1. The van der Waals surface area contributed by atoms with E-state index < -0.39 is 0 Å². The van der Waals surface area contributed by atoms with Gasteiger partial charge in [0.1, 0.15) is 0 Å². The van der Waals surface area contributed by atoms with E-state index in [4.69, 9.17) is 0 Å². The summed E-state index contributed by atoms with van der Waals surface area (Å²) in [7, 11) is 2.05. The summed E-state index contributed by atoms with van der Waals surface area (Å²) in [5, 5.41) is 2.94. The molecule has 0 bridgehead atoms. The van der Waals surface area contributed by atoms with Gasteiger partial charge in [-0.2, -0.15) is 0 Å². The number of halogens is 1. The fraction of sp³-hybridized carbons (Fsp3) is 0.533. The molecule has 0 atom stereocenters. The number of anilines is 1. The summed E-state index contributed by atoms with van der Waals surface area (Å²) in [5.41, 5.74) is 0.844. The first-order valence-electron chi connectivity index (χ1n) is 6.91. The van der Waals surface area contributed by atoms with Gasteiger partial charge in [0.15, 0.2) is 0 Å². The molecule has 1 fully saturated rings. The van der Waals surface area contributed by atoms with E-state index in [-0.39, 0.29) is 5.91 Å². The summed E-state index contributed by atoms with van der Waals surface area (Å²) in [5.74, 6) is 0.0613. The maximum atomic E-state index is 12.0. The zero-order valence-corrected chi connectivity index (χ0v) is 12.9. The summed E-state index contributed by atoms with van der Waals surface area (Å²) in [6.07, 6.45) is 6.38. The average molecular weight is 325 g/mol. The summed E-state index contributed by atoms with van der Waals surface area (Å²) in [6.45, 7) is 0.469. The van der Waals surface area contributed by atoms with Crippen molar-refractivity contribution in [1.82, 2.24) is 4.90 Å². The predicted octanol–water partition coefficient (Wildman–Crippen LogP) is 3.65. The molecule has 1 aromatic carbocycles. The lowest BCUT2D eigenvalue weighted by Crippen LogP contribution is -2.39. The van der Waals surface area contributed by atoms with Crippen molar-refractivity contribution in [3.05, 3.63) is 28.7 Å². The first-order chi connectivity index (χ1) is 9.15. The molecule has 0 unspecified atom stereocenters. The molecule has 1 amide bonds. The quantitative estimate of drug-likeness (QED) is 0.916. The largest absolute Gasteiger partial charge is 0.325 e. The van der Waals surface area contributed by atoms with Gasteiger partial charge < -0.3 is 5.32 Å².